The highest BCUT2D eigenvalue weighted by atomic mass is 127. The first kappa shape index (κ1) is 28.1. The summed E-state index contributed by atoms with van der Waals surface area (Å²) in [5.41, 5.74) is 2.80. The third-order valence-electron chi connectivity index (χ3n) is 5.84. The Labute approximate surface area is 243 Å². The van der Waals surface area contributed by atoms with E-state index in [4.69, 9.17) is 21.1 Å². The molecule has 39 heavy (non-hydrogen) atoms. The number of urea groups is 1. The van der Waals surface area contributed by atoms with Crippen LogP contribution in [0, 0.1) is 17.4 Å². The number of nitrogens with one attached hydrogen (secondary N) is 2. The van der Waals surface area contributed by atoms with Gasteiger partial charge in [0.1, 0.15) is 5.57 Å². The first-order valence-corrected chi connectivity index (χ1v) is 13.1. The molecular weight excluding hydrogens is 637 g/mol. The Bertz CT molecular complexity index is 1540. The van der Waals surface area contributed by atoms with E-state index in [0.717, 1.165) is 16.0 Å². The van der Waals surface area contributed by atoms with Crippen molar-refractivity contribution in [1.29, 1.82) is 0 Å². The summed E-state index contributed by atoms with van der Waals surface area (Å²) in [6, 6.07) is 14.5. The molecule has 1 aliphatic heterocycles. The van der Waals surface area contributed by atoms with Gasteiger partial charge in [0.25, 0.3) is 17.7 Å². The molecule has 0 unspecified atom stereocenters. The molecule has 2 N–H and O–H groups in total. The molecule has 0 aliphatic carbocycles. The van der Waals surface area contributed by atoms with E-state index in [2.05, 4.69) is 10.6 Å². The quantitative estimate of drug-likeness (QED) is 0.204. The van der Waals surface area contributed by atoms with Gasteiger partial charge >= 0.3 is 6.03 Å². The fourth-order valence-electron chi connectivity index (χ4n) is 3.78. The second-order valence-corrected chi connectivity index (χ2v) is 10.1. The zero-order valence-corrected chi connectivity index (χ0v) is 24.0. The van der Waals surface area contributed by atoms with Gasteiger partial charge < -0.3 is 14.8 Å². The fraction of sp³-hybridized carbons (Fsp3) is 0.143. The highest BCUT2D eigenvalue weighted by Crippen LogP contribution is 2.35. The molecule has 0 saturated carbocycles. The Morgan fingerprint density at radius 1 is 1.08 bits per heavy atom. The van der Waals surface area contributed by atoms with Crippen LogP contribution in [0.25, 0.3) is 6.08 Å². The van der Waals surface area contributed by atoms with Crippen LogP contribution in [-0.2, 0) is 14.4 Å². The molecule has 1 aliphatic rings. The van der Waals surface area contributed by atoms with Gasteiger partial charge in [-0.05, 0) is 89.5 Å². The Balaban J connectivity index is 1.57. The van der Waals surface area contributed by atoms with E-state index >= 15 is 0 Å². The lowest BCUT2D eigenvalue weighted by atomic mass is 10.1. The van der Waals surface area contributed by atoms with Crippen molar-refractivity contribution in [3.05, 3.63) is 85.5 Å². The van der Waals surface area contributed by atoms with Crippen molar-refractivity contribution in [2.75, 3.05) is 23.9 Å². The molecule has 1 saturated heterocycles. The van der Waals surface area contributed by atoms with Gasteiger partial charge in [-0.3, -0.25) is 19.7 Å². The number of nitrogens with zero attached hydrogens (tertiary/aromatic N) is 1. The van der Waals surface area contributed by atoms with E-state index in [-0.39, 0.29) is 23.8 Å². The van der Waals surface area contributed by atoms with Crippen LogP contribution >= 0.6 is 34.2 Å². The number of aryl methyl sites for hydroxylation is 2. The number of hydrogen-bond donors (Lipinski definition) is 2. The smallest absolute Gasteiger partial charge is 0.335 e. The number of hydrogen-bond acceptors (Lipinski definition) is 6. The second-order valence-electron chi connectivity index (χ2n) is 8.58. The number of rotatable bonds is 7. The zero-order chi connectivity index (χ0) is 28.3. The third kappa shape index (κ3) is 6.23. The lowest BCUT2D eigenvalue weighted by Gasteiger charge is -2.26. The van der Waals surface area contributed by atoms with Gasteiger partial charge in [0.15, 0.2) is 18.1 Å². The second kappa shape index (κ2) is 11.9. The van der Waals surface area contributed by atoms with Gasteiger partial charge in [-0.1, -0.05) is 35.9 Å². The maximum absolute atomic E-state index is 13.2. The topological polar surface area (TPSA) is 114 Å². The summed E-state index contributed by atoms with van der Waals surface area (Å²) < 4.78 is 11.8. The molecular formula is C28H23ClIN3O6. The van der Waals surface area contributed by atoms with Crippen molar-refractivity contribution < 1.29 is 28.7 Å². The van der Waals surface area contributed by atoms with Gasteiger partial charge in [0, 0.05) is 10.7 Å². The highest BCUT2D eigenvalue weighted by molar-refractivity contribution is 14.1. The largest absolute Gasteiger partial charge is 0.493 e. The number of carbonyl (C=O) groups excluding carboxylic acids is 4. The van der Waals surface area contributed by atoms with Crippen molar-refractivity contribution >= 4 is 75.4 Å². The van der Waals surface area contributed by atoms with Crippen LogP contribution in [0.1, 0.15) is 16.7 Å². The van der Waals surface area contributed by atoms with Gasteiger partial charge in [0.05, 0.1) is 16.4 Å². The molecule has 0 spiro atoms. The number of ether oxygens (including phenoxy) is 2. The zero-order valence-electron chi connectivity index (χ0n) is 21.1. The molecule has 0 aromatic heterocycles. The van der Waals surface area contributed by atoms with Crippen molar-refractivity contribution in [1.82, 2.24) is 5.32 Å². The third-order valence-corrected chi connectivity index (χ3v) is 7.05. The lowest BCUT2D eigenvalue weighted by molar-refractivity contribution is -0.122. The molecule has 200 valence electrons. The minimum atomic E-state index is -0.873. The minimum Gasteiger partial charge on any atom is -0.493 e. The molecule has 11 heteroatoms. The predicted octanol–water partition coefficient (Wildman–Crippen LogP) is 5.25. The van der Waals surface area contributed by atoms with E-state index < -0.39 is 17.8 Å². The number of methoxy groups -OCH3 is 1. The summed E-state index contributed by atoms with van der Waals surface area (Å²) in [7, 11) is 1.43. The van der Waals surface area contributed by atoms with Crippen LogP contribution in [0.3, 0.4) is 0 Å². The molecule has 1 heterocycles. The number of halogens is 2. The van der Waals surface area contributed by atoms with Crippen LogP contribution in [0.5, 0.6) is 11.5 Å². The Hall–Kier alpha value is -3.90. The van der Waals surface area contributed by atoms with Crippen molar-refractivity contribution in [2.24, 2.45) is 0 Å². The van der Waals surface area contributed by atoms with Crippen LogP contribution in [0.2, 0.25) is 5.02 Å². The molecule has 4 rings (SSSR count). The van der Waals surface area contributed by atoms with Gasteiger partial charge in [0.2, 0.25) is 0 Å². The number of imide groups is 2. The van der Waals surface area contributed by atoms with Crippen LogP contribution in [0.4, 0.5) is 16.2 Å². The SMILES string of the molecule is COc1cc(/C=C2\C(=O)NC(=O)N(c3ccc(C)c(Cl)c3)C2=O)cc(I)c1OCC(=O)Nc1ccccc1C. The van der Waals surface area contributed by atoms with Crippen molar-refractivity contribution in [3.8, 4) is 11.5 Å². The molecule has 0 bridgehead atoms. The Morgan fingerprint density at radius 3 is 2.51 bits per heavy atom. The van der Waals surface area contributed by atoms with Gasteiger partial charge in [-0.25, -0.2) is 9.69 Å². The standard InChI is InChI=1S/C28H23ClIN3O6/c1-15-8-9-18(13-20(15)29)33-27(36)19(26(35)32-28(33)37)10-17-11-21(30)25(23(12-17)38-3)39-14-24(34)31-22-7-5-4-6-16(22)2/h4-13H,14H2,1-3H3,(H,31,34)(H,32,35,37)/b19-10+. The molecule has 3 aromatic carbocycles. The molecule has 0 atom stereocenters. The minimum absolute atomic E-state index is 0.228. The maximum Gasteiger partial charge on any atom is 0.335 e. The average molecular weight is 660 g/mol. The average Bonchev–Trinajstić information content (AvgIpc) is 2.89. The maximum atomic E-state index is 13.2. The van der Waals surface area contributed by atoms with Gasteiger partial charge in [-0.2, -0.15) is 0 Å². The van der Waals surface area contributed by atoms with Gasteiger partial charge in [-0.15, -0.1) is 0 Å². The molecule has 0 radical (unpaired) electrons. The number of carbonyl (C=O) groups is 4. The number of benzene rings is 3. The van der Waals surface area contributed by atoms with Crippen LogP contribution in [-0.4, -0.2) is 37.5 Å². The van der Waals surface area contributed by atoms with Crippen LogP contribution < -0.4 is 25.0 Å². The first-order valence-electron chi connectivity index (χ1n) is 11.6. The Kier molecular flexibility index (Phi) is 8.56. The summed E-state index contributed by atoms with van der Waals surface area (Å²) in [6.45, 7) is 3.41. The van der Waals surface area contributed by atoms with E-state index in [9.17, 15) is 19.2 Å². The van der Waals surface area contributed by atoms with E-state index in [0.29, 0.717) is 31.3 Å². The number of amides is 5. The molecule has 3 aromatic rings. The lowest BCUT2D eigenvalue weighted by Crippen LogP contribution is -2.54. The molecule has 1 fully saturated rings. The summed E-state index contributed by atoms with van der Waals surface area (Å²) in [4.78, 5) is 51.6. The summed E-state index contributed by atoms with van der Waals surface area (Å²) in [6.07, 6.45) is 1.35. The van der Waals surface area contributed by atoms with E-state index in [1.807, 2.05) is 47.7 Å². The molecule has 5 amide bonds. The van der Waals surface area contributed by atoms with Crippen molar-refractivity contribution in [2.45, 2.75) is 13.8 Å². The van der Waals surface area contributed by atoms with Crippen molar-refractivity contribution in [3.63, 3.8) is 0 Å². The fourth-order valence-corrected chi connectivity index (χ4v) is 4.74. The first-order chi connectivity index (χ1) is 18.6. The summed E-state index contributed by atoms with van der Waals surface area (Å²) in [5, 5.41) is 5.36. The monoisotopic (exact) mass is 659 g/mol. The van der Waals surface area contributed by atoms with E-state index in [1.165, 1.54) is 19.3 Å². The van der Waals surface area contributed by atoms with E-state index in [1.54, 1.807) is 37.3 Å². The normalized spacial score (nSPS) is 14.3. The number of barbiturate groups is 1. The molecule has 9 nitrogen and oxygen atoms in total. The number of para-hydroxylation sites is 1. The number of anilines is 2. The summed E-state index contributed by atoms with van der Waals surface area (Å²) >= 11 is 8.19. The van der Waals surface area contributed by atoms with Crippen LogP contribution in [0.15, 0.2) is 60.2 Å². The highest BCUT2D eigenvalue weighted by Gasteiger charge is 2.37. The Morgan fingerprint density at radius 2 is 1.82 bits per heavy atom. The predicted molar refractivity (Wildman–Crippen MR) is 156 cm³/mol. The summed E-state index contributed by atoms with van der Waals surface area (Å²) in [5.74, 6) is -1.36.